The lowest BCUT2D eigenvalue weighted by molar-refractivity contribution is 0.0700. The number of carbonyl (C=O) groups excluding carboxylic acids is 1. The number of amides is 1. The number of pyridine rings is 1. The van der Waals surface area contributed by atoms with Gasteiger partial charge in [0.15, 0.2) is 5.82 Å². The average Bonchev–Trinajstić information content (AvgIpc) is 3.37. The fourth-order valence-corrected chi connectivity index (χ4v) is 7.17. The number of imidazole rings is 1. The fraction of sp³-hybridized carbons (Fsp3) is 0.364. The van der Waals surface area contributed by atoms with Crippen LogP contribution in [0, 0.1) is 11.8 Å². The molecular formula is C33H35N7O2. The molecule has 1 aliphatic heterocycles. The van der Waals surface area contributed by atoms with Crippen molar-refractivity contribution < 1.29 is 9.53 Å². The third kappa shape index (κ3) is 4.06. The number of aromatic nitrogens is 4. The number of rotatable bonds is 7. The Kier molecular flexibility index (Phi) is 5.79. The van der Waals surface area contributed by atoms with Crippen molar-refractivity contribution in [2.24, 2.45) is 17.6 Å². The number of anilines is 1. The van der Waals surface area contributed by atoms with Crippen LogP contribution in [0.4, 0.5) is 5.82 Å². The van der Waals surface area contributed by atoms with E-state index < -0.39 is 0 Å². The minimum absolute atomic E-state index is 0.000434. The smallest absolute Gasteiger partial charge is 0.254 e. The molecule has 9 nitrogen and oxygen atoms in total. The van der Waals surface area contributed by atoms with E-state index in [0.717, 1.165) is 54.0 Å². The monoisotopic (exact) mass is 561 g/mol. The molecule has 2 bridgehead atoms. The van der Waals surface area contributed by atoms with Gasteiger partial charge in [0.05, 0.1) is 24.9 Å². The molecule has 214 valence electrons. The number of methoxy groups -OCH3 is 1. The summed E-state index contributed by atoms with van der Waals surface area (Å²) in [7, 11) is 1.66. The van der Waals surface area contributed by atoms with E-state index in [1.165, 1.54) is 23.7 Å². The van der Waals surface area contributed by atoms with Gasteiger partial charge in [-0.2, -0.15) is 0 Å². The van der Waals surface area contributed by atoms with Gasteiger partial charge in [-0.15, -0.1) is 0 Å². The molecule has 2 aromatic carbocycles. The second-order valence-electron chi connectivity index (χ2n) is 12.2. The lowest BCUT2D eigenvalue weighted by Gasteiger charge is -2.27. The molecule has 3 fully saturated rings. The number of nitrogens with zero attached hydrogens (tertiary/aromatic N) is 5. The number of nitrogen functional groups attached to an aromatic ring is 1. The van der Waals surface area contributed by atoms with E-state index in [0.29, 0.717) is 35.5 Å². The van der Waals surface area contributed by atoms with E-state index in [4.69, 9.17) is 21.2 Å². The Morgan fingerprint density at radius 1 is 1.05 bits per heavy atom. The summed E-state index contributed by atoms with van der Waals surface area (Å²) in [5.41, 5.74) is 17.8. The number of likely N-dealkylation sites (tertiary alicyclic amines) is 1. The van der Waals surface area contributed by atoms with E-state index in [-0.39, 0.29) is 18.0 Å². The Hall–Kier alpha value is -4.37. The molecule has 2 aliphatic carbocycles. The van der Waals surface area contributed by atoms with Crippen LogP contribution in [0.2, 0.25) is 0 Å². The van der Waals surface area contributed by atoms with Crippen LogP contribution >= 0.6 is 0 Å². The molecule has 3 aromatic heterocycles. The van der Waals surface area contributed by atoms with Gasteiger partial charge < -0.3 is 30.2 Å². The quantitative estimate of drug-likeness (QED) is 0.298. The highest BCUT2D eigenvalue weighted by Gasteiger charge is 2.47. The van der Waals surface area contributed by atoms with Gasteiger partial charge in [-0.3, -0.25) is 4.79 Å². The molecule has 0 radical (unpaired) electrons. The Balaban J connectivity index is 1.31. The number of carbonyl (C=O) groups is 1. The van der Waals surface area contributed by atoms with Crippen LogP contribution in [-0.4, -0.2) is 55.6 Å². The summed E-state index contributed by atoms with van der Waals surface area (Å²) in [6.45, 7) is 2.20. The van der Waals surface area contributed by atoms with Crippen molar-refractivity contribution in [3.05, 3.63) is 71.9 Å². The maximum absolute atomic E-state index is 13.8. The van der Waals surface area contributed by atoms with Gasteiger partial charge in [-0.25, -0.2) is 9.97 Å². The highest BCUT2D eigenvalue weighted by Crippen LogP contribution is 2.40. The number of ether oxygens (including phenoxy) is 1. The summed E-state index contributed by atoms with van der Waals surface area (Å²) >= 11 is 0. The summed E-state index contributed by atoms with van der Waals surface area (Å²) < 4.78 is 10.6. The molecule has 9 heteroatoms. The molecule has 3 aliphatic rings. The van der Waals surface area contributed by atoms with Crippen molar-refractivity contribution in [1.82, 2.24) is 24.0 Å². The topological polar surface area (TPSA) is 117 Å². The van der Waals surface area contributed by atoms with Gasteiger partial charge in [-0.1, -0.05) is 24.3 Å². The first-order valence-electron chi connectivity index (χ1n) is 14.9. The molecule has 2 unspecified atom stereocenters. The third-order valence-corrected chi connectivity index (χ3v) is 9.55. The number of piperidine rings is 1. The third-order valence-electron chi connectivity index (χ3n) is 9.55. The Morgan fingerprint density at radius 2 is 1.90 bits per heavy atom. The van der Waals surface area contributed by atoms with Gasteiger partial charge >= 0.3 is 0 Å². The van der Waals surface area contributed by atoms with Crippen molar-refractivity contribution in [2.45, 2.75) is 50.9 Å². The van der Waals surface area contributed by atoms with Gasteiger partial charge in [0.25, 0.3) is 5.91 Å². The number of fused-ring (bicyclic) bond motifs is 4. The molecular weight excluding hydrogens is 526 g/mol. The van der Waals surface area contributed by atoms with E-state index in [2.05, 4.69) is 44.5 Å². The van der Waals surface area contributed by atoms with Crippen molar-refractivity contribution >= 4 is 33.7 Å². The highest BCUT2D eigenvalue weighted by molar-refractivity contribution is 6.00. The first-order valence-corrected chi connectivity index (χ1v) is 14.9. The zero-order valence-corrected chi connectivity index (χ0v) is 23.7. The number of nitrogens with two attached hydrogens (primary N) is 2. The minimum atomic E-state index is -0.000434. The molecule has 1 amide bonds. The van der Waals surface area contributed by atoms with Gasteiger partial charge in [0.2, 0.25) is 0 Å². The van der Waals surface area contributed by atoms with Crippen molar-refractivity contribution in [2.75, 3.05) is 19.4 Å². The molecule has 8 rings (SSSR count). The molecule has 2 saturated carbocycles. The van der Waals surface area contributed by atoms with Crippen LogP contribution in [0.15, 0.2) is 60.8 Å². The summed E-state index contributed by atoms with van der Waals surface area (Å²) in [5, 5.41) is 1.18. The van der Waals surface area contributed by atoms with Gasteiger partial charge in [0.1, 0.15) is 17.1 Å². The first kappa shape index (κ1) is 25.3. The number of benzene rings is 2. The summed E-state index contributed by atoms with van der Waals surface area (Å²) in [6.07, 6.45) is 6.37. The molecule has 4 heterocycles. The lowest BCUT2D eigenvalue weighted by atomic mass is 10.1. The van der Waals surface area contributed by atoms with E-state index in [9.17, 15) is 4.79 Å². The molecule has 5 aromatic rings. The predicted octanol–water partition coefficient (Wildman–Crippen LogP) is 4.66. The van der Waals surface area contributed by atoms with Crippen molar-refractivity contribution in [3.8, 4) is 17.3 Å². The van der Waals surface area contributed by atoms with Crippen LogP contribution in [0.1, 0.15) is 41.6 Å². The van der Waals surface area contributed by atoms with Crippen LogP contribution in [0.25, 0.3) is 33.5 Å². The molecule has 3 atom stereocenters. The van der Waals surface area contributed by atoms with Crippen LogP contribution in [0.5, 0.6) is 5.75 Å². The largest absolute Gasteiger partial charge is 0.494 e. The van der Waals surface area contributed by atoms with Crippen molar-refractivity contribution in [3.63, 3.8) is 0 Å². The van der Waals surface area contributed by atoms with E-state index in [1.807, 2.05) is 29.2 Å². The van der Waals surface area contributed by atoms with Crippen LogP contribution < -0.4 is 16.2 Å². The highest BCUT2D eigenvalue weighted by atomic mass is 16.5. The zero-order chi connectivity index (χ0) is 28.5. The maximum Gasteiger partial charge on any atom is 0.254 e. The van der Waals surface area contributed by atoms with Gasteiger partial charge in [0, 0.05) is 47.8 Å². The fourth-order valence-electron chi connectivity index (χ4n) is 7.17. The Morgan fingerprint density at radius 3 is 2.62 bits per heavy atom. The van der Waals surface area contributed by atoms with Crippen LogP contribution in [0.3, 0.4) is 0 Å². The summed E-state index contributed by atoms with van der Waals surface area (Å²) in [5.74, 6) is 3.01. The summed E-state index contributed by atoms with van der Waals surface area (Å²) in [4.78, 5) is 25.4. The second kappa shape index (κ2) is 9.59. The first-order chi connectivity index (χ1) is 20.5. The maximum atomic E-state index is 13.8. The molecule has 4 N–H and O–H groups in total. The zero-order valence-electron chi connectivity index (χ0n) is 23.7. The number of hydrogen-bond donors (Lipinski definition) is 2. The van der Waals surface area contributed by atoms with E-state index in [1.54, 1.807) is 13.3 Å². The van der Waals surface area contributed by atoms with E-state index >= 15 is 0 Å². The number of hydrogen-bond acceptors (Lipinski definition) is 6. The Bertz CT molecular complexity index is 1840. The lowest BCUT2D eigenvalue weighted by Crippen LogP contribution is -2.41. The minimum Gasteiger partial charge on any atom is -0.494 e. The SMILES string of the molecule is COc1cc(C(=O)N2CC3CCC2[C@@H]3N)cc2nc(-c3cc4ccccc4n3CC3CC3)n(Cc3ccc(N)nc3)c12. The Labute approximate surface area is 244 Å². The average molecular weight is 562 g/mol. The van der Waals surface area contributed by atoms with Crippen LogP contribution in [-0.2, 0) is 13.1 Å². The number of para-hydroxylation sites is 1. The molecule has 42 heavy (non-hydrogen) atoms. The normalized spacial score (nSPS) is 21.6. The van der Waals surface area contributed by atoms with Gasteiger partial charge in [-0.05, 0) is 73.4 Å². The molecule has 0 spiro atoms. The van der Waals surface area contributed by atoms with Crippen molar-refractivity contribution in [1.29, 1.82) is 0 Å². The second-order valence-corrected chi connectivity index (χ2v) is 12.2. The predicted molar refractivity (Wildman–Crippen MR) is 163 cm³/mol. The molecule has 1 saturated heterocycles. The standard InChI is InChI=1S/C33H35N7O2/c1-42-28-14-23(33(41)39-18-22-9-10-26(39)30(22)35)12-24-31(28)40(17-20-8-11-29(34)36-15-20)32(37-24)27-13-21-4-2-3-5-25(21)38(27)16-19-6-7-19/h2-5,8,11-15,19,22,26,30H,6-7,9-10,16-18,35H2,1H3,(H2,34,36)/t22?,26?,30-/m1/s1. The summed E-state index contributed by atoms with van der Waals surface area (Å²) in [6, 6.07) is 18.5.